The first-order valence-electron chi connectivity index (χ1n) is 11.9. The number of carbonyl (C=O) groups excluding carboxylic acids is 4. The van der Waals surface area contributed by atoms with E-state index in [1.165, 1.54) is 30.5 Å². The van der Waals surface area contributed by atoms with E-state index in [0.717, 1.165) is 0 Å². The van der Waals surface area contributed by atoms with Gasteiger partial charge in [0.25, 0.3) is 11.8 Å². The molecule has 4 aromatic carbocycles. The van der Waals surface area contributed by atoms with E-state index in [0.29, 0.717) is 27.3 Å². The smallest absolute Gasteiger partial charge is 0.343 e. The van der Waals surface area contributed by atoms with Crippen molar-refractivity contribution >= 4 is 41.6 Å². The molecule has 9 nitrogen and oxygen atoms in total. The molecule has 0 heterocycles. The summed E-state index contributed by atoms with van der Waals surface area (Å²) >= 11 is 5.89. The summed E-state index contributed by atoms with van der Waals surface area (Å²) < 4.78 is 11.0. The lowest BCUT2D eigenvalue weighted by atomic mass is 10.2. The van der Waals surface area contributed by atoms with Crippen LogP contribution in [0.25, 0.3) is 0 Å². The number of nitrogens with zero attached hydrogens (tertiary/aromatic N) is 1. The van der Waals surface area contributed by atoms with E-state index in [2.05, 4.69) is 15.8 Å². The van der Waals surface area contributed by atoms with Gasteiger partial charge in [-0.05, 0) is 54.6 Å². The molecule has 0 radical (unpaired) electrons. The molecular weight excluding hydrogens is 534 g/mol. The molecule has 0 atom stereocenters. The molecule has 0 unspecified atom stereocenters. The van der Waals surface area contributed by atoms with Gasteiger partial charge in [-0.3, -0.25) is 9.59 Å². The summed E-state index contributed by atoms with van der Waals surface area (Å²) in [5.41, 5.74) is 3.57. The molecule has 0 saturated heterocycles. The van der Waals surface area contributed by atoms with E-state index in [1.807, 2.05) is 0 Å². The Morgan fingerprint density at radius 1 is 0.725 bits per heavy atom. The maximum atomic E-state index is 12.7. The van der Waals surface area contributed by atoms with Crippen molar-refractivity contribution in [1.29, 1.82) is 0 Å². The summed E-state index contributed by atoms with van der Waals surface area (Å²) in [6.07, 6.45) is 1.26. The number of nitrogens with one attached hydrogen (secondary N) is 2. The number of esters is 2. The van der Waals surface area contributed by atoms with Gasteiger partial charge in [-0.15, -0.1) is 0 Å². The number of carbonyl (C=O) groups is 4. The summed E-state index contributed by atoms with van der Waals surface area (Å²) in [7, 11) is 0. The van der Waals surface area contributed by atoms with E-state index in [-0.39, 0.29) is 18.0 Å². The predicted molar refractivity (Wildman–Crippen MR) is 149 cm³/mol. The van der Waals surface area contributed by atoms with E-state index in [9.17, 15) is 19.2 Å². The fourth-order valence-corrected chi connectivity index (χ4v) is 3.54. The number of hydrogen-bond acceptors (Lipinski definition) is 7. The van der Waals surface area contributed by atoms with Crippen LogP contribution >= 0.6 is 11.6 Å². The lowest BCUT2D eigenvalue weighted by Gasteiger charge is -2.10. The molecule has 0 spiro atoms. The minimum Gasteiger partial charge on any atom is -0.423 e. The Balaban J connectivity index is 1.44. The van der Waals surface area contributed by atoms with Crippen LogP contribution in [0.2, 0.25) is 5.02 Å². The molecule has 0 aromatic heterocycles. The van der Waals surface area contributed by atoms with Crippen molar-refractivity contribution in [2.24, 2.45) is 5.10 Å². The van der Waals surface area contributed by atoms with Gasteiger partial charge in [-0.1, -0.05) is 54.1 Å². The van der Waals surface area contributed by atoms with Crippen molar-refractivity contribution in [3.05, 3.63) is 130 Å². The van der Waals surface area contributed by atoms with Crippen LogP contribution in [0.4, 0.5) is 0 Å². The predicted octanol–water partition coefficient (Wildman–Crippen LogP) is 4.66. The van der Waals surface area contributed by atoms with Gasteiger partial charge in [0.1, 0.15) is 11.5 Å². The SMILES string of the molecule is O=C(CNC(=O)c1cccc(Cl)c1)N/N=C/c1ccc(OC(=O)c2ccccc2)cc1OC(=O)c1ccccc1. The van der Waals surface area contributed by atoms with Gasteiger partial charge in [0, 0.05) is 22.2 Å². The molecule has 200 valence electrons. The number of rotatable bonds is 9. The van der Waals surface area contributed by atoms with Crippen molar-refractivity contribution < 1.29 is 28.7 Å². The number of amides is 2. The molecule has 0 aliphatic heterocycles. The van der Waals surface area contributed by atoms with Crippen LogP contribution < -0.4 is 20.2 Å². The van der Waals surface area contributed by atoms with Gasteiger partial charge in [0.15, 0.2) is 0 Å². The minimum absolute atomic E-state index is 0.0412. The monoisotopic (exact) mass is 555 g/mol. The average Bonchev–Trinajstić information content (AvgIpc) is 2.98. The summed E-state index contributed by atoms with van der Waals surface area (Å²) in [4.78, 5) is 49.5. The molecule has 40 heavy (non-hydrogen) atoms. The largest absolute Gasteiger partial charge is 0.423 e. The maximum Gasteiger partial charge on any atom is 0.343 e. The molecular formula is C30H22ClN3O6. The van der Waals surface area contributed by atoms with E-state index < -0.39 is 23.8 Å². The number of benzene rings is 4. The normalized spacial score (nSPS) is 10.5. The fraction of sp³-hybridized carbons (Fsp3) is 0.0333. The van der Waals surface area contributed by atoms with Crippen LogP contribution in [0, 0.1) is 0 Å². The van der Waals surface area contributed by atoms with E-state index in [1.54, 1.807) is 78.9 Å². The number of hydrazone groups is 1. The first-order valence-corrected chi connectivity index (χ1v) is 12.3. The third kappa shape index (κ3) is 7.86. The highest BCUT2D eigenvalue weighted by Crippen LogP contribution is 2.26. The Labute approximate surface area is 234 Å². The van der Waals surface area contributed by atoms with Crippen molar-refractivity contribution in [2.45, 2.75) is 0 Å². The second kappa shape index (κ2) is 13.5. The summed E-state index contributed by atoms with van der Waals surface area (Å²) in [6.45, 7) is -0.340. The third-order valence-electron chi connectivity index (χ3n) is 5.31. The minimum atomic E-state index is -0.644. The van der Waals surface area contributed by atoms with Gasteiger partial charge in [0.05, 0.1) is 23.9 Å². The molecule has 10 heteroatoms. The van der Waals surface area contributed by atoms with Crippen LogP contribution in [0.1, 0.15) is 36.6 Å². The molecule has 2 N–H and O–H groups in total. The van der Waals surface area contributed by atoms with E-state index >= 15 is 0 Å². The van der Waals surface area contributed by atoms with Crippen LogP contribution in [-0.4, -0.2) is 36.5 Å². The van der Waals surface area contributed by atoms with Crippen molar-refractivity contribution in [3.8, 4) is 11.5 Å². The Bertz CT molecular complexity index is 1560. The fourth-order valence-electron chi connectivity index (χ4n) is 3.35. The first-order chi connectivity index (χ1) is 19.4. The topological polar surface area (TPSA) is 123 Å². The average molecular weight is 556 g/mol. The standard InChI is InChI=1S/C30H22ClN3O6/c31-24-13-7-12-22(16-24)28(36)32-19-27(35)34-33-18-23-14-15-25(39-29(37)20-8-3-1-4-9-20)17-26(23)40-30(38)21-10-5-2-6-11-21/h1-18H,19H2,(H,32,36)(H,34,35)/b33-18+. The Kier molecular flexibility index (Phi) is 9.36. The lowest BCUT2D eigenvalue weighted by Crippen LogP contribution is -2.34. The zero-order valence-corrected chi connectivity index (χ0v) is 21.6. The Hall–Kier alpha value is -5.28. The Morgan fingerprint density at radius 3 is 2.00 bits per heavy atom. The first kappa shape index (κ1) is 27.7. The van der Waals surface area contributed by atoms with Crippen LogP contribution in [0.5, 0.6) is 11.5 Å². The zero-order chi connectivity index (χ0) is 28.3. The van der Waals surface area contributed by atoms with E-state index in [4.69, 9.17) is 21.1 Å². The second-order valence-electron chi connectivity index (χ2n) is 8.20. The van der Waals surface area contributed by atoms with Gasteiger partial charge < -0.3 is 14.8 Å². The summed E-state index contributed by atoms with van der Waals surface area (Å²) in [5, 5.41) is 6.75. The van der Waals surface area contributed by atoms with Gasteiger partial charge in [-0.2, -0.15) is 5.10 Å². The quantitative estimate of drug-likeness (QED) is 0.134. The highest BCUT2D eigenvalue weighted by atomic mass is 35.5. The maximum absolute atomic E-state index is 12.7. The molecule has 0 aliphatic rings. The lowest BCUT2D eigenvalue weighted by molar-refractivity contribution is -0.120. The molecule has 4 rings (SSSR count). The summed E-state index contributed by atoms with van der Waals surface area (Å²) in [6, 6.07) is 27.4. The third-order valence-corrected chi connectivity index (χ3v) is 5.54. The summed E-state index contributed by atoms with van der Waals surface area (Å²) in [5.74, 6) is -2.13. The van der Waals surface area contributed by atoms with Gasteiger partial charge in [0.2, 0.25) is 0 Å². The molecule has 0 fully saturated rings. The van der Waals surface area contributed by atoms with Crippen LogP contribution in [0.3, 0.4) is 0 Å². The highest BCUT2D eigenvalue weighted by Gasteiger charge is 2.15. The molecule has 0 bridgehead atoms. The Morgan fingerprint density at radius 2 is 1.35 bits per heavy atom. The van der Waals surface area contributed by atoms with Crippen LogP contribution in [-0.2, 0) is 4.79 Å². The molecule has 4 aromatic rings. The highest BCUT2D eigenvalue weighted by molar-refractivity contribution is 6.31. The van der Waals surface area contributed by atoms with Crippen molar-refractivity contribution in [3.63, 3.8) is 0 Å². The molecule has 0 saturated carbocycles. The van der Waals surface area contributed by atoms with Crippen LogP contribution in [0.15, 0.2) is 108 Å². The van der Waals surface area contributed by atoms with Crippen molar-refractivity contribution in [1.82, 2.24) is 10.7 Å². The van der Waals surface area contributed by atoms with Crippen molar-refractivity contribution in [2.75, 3.05) is 6.54 Å². The second-order valence-corrected chi connectivity index (χ2v) is 8.63. The molecule has 0 aliphatic carbocycles. The molecule has 2 amide bonds. The number of hydrogen-bond donors (Lipinski definition) is 2. The van der Waals surface area contributed by atoms with Gasteiger partial charge >= 0.3 is 11.9 Å². The van der Waals surface area contributed by atoms with Gasteiger partial charge in [-0.25, -0.2) is 15.0 Å². The number of halogens is 1. The zero-order valence-electron chi connectivity index (χ0n) is 20.9. The number of ether oxygens (including phenoxy) is 2.